The van der Waals surface area contributed by atoms with Crippen molar-refractivity contribution in [2.45, 2.75) is 52.7 Å². The average Bonchev–Trinajstić information content (AvgIpc) is 3.14. The Morgan fingerprint density at radius 2 is 2.00 bits per heavy atom. The topological polar surface area (TPSA) is 55.8 Å². The summed E-state index contributed by atoms with van der Waals surface area (Å²) in [5, 5.41) is 0. The van der Waals surface area contributed by atoms with Crippen LogP contribution in [-0.2, 0) is 14.3 Å². The van der Waals surface area contributed by atoms with Gasteiger partial charge in [0, 0.05) is 18.0 Å². The van der Waals surface area contributed by atoms with Gasteiger partial charge in [-0.3, -0.25) is 9.59 Å². The molecule has 5 heteroatoms. The third kappa shape index (κ3) is 2.90. The summed E-state index contributed by atoms with van der Waals surface area (Å²) >= 11 is 0. The Labute approximate surface area is 149 Å². The molecule has 1 aromatic rings. The number of carbonyl (C=O) groups excluding carboxylic acids is 2. The van der Waals surface area contributed by atoms with E-state index in [1.165, 1.54) is 0 Å². The number of rotatable bonds is 5. The van der Waals surface area contributed by atoms with Crippen molar-refractivity contribution < 1.29 is 19.1 Å². The van der Waals surface area contributed by atoms with Crippen molar-refractivity contribution in [3.63, 3.8) is 0 Å². The summed E-state index contributed by atoms with van der Waals surface area (Å²) in [6.07, 6.45) is 1.25. The lowest BCUT2D eigenvalue weighted by Crippen LogP contribution is -2.36. The summed E-state index contributed by atoms with van der Waals surface area (Å²) in [5.74, 6) is 0.201. The second-order valence-electron chi connectivity index (χ2n) is 6.88. The van der Waals surface area contributed by atoms with Gasteiger partial charge >= 0.3 is 5.97 Å². The number of amides is 1. The molecule has 1 amide bonds. The molecule has 2 aliphatic rings. The molecule has 25 heavy (non-hydrogen) atoms. The standard InChI is InChI=1S/C20H27NO4/c1-5-13(6-2)19(22)21-11-15(20(23)24-7-3)18-16(21)14-10-8-9-12(4)17(14)25-18/h8-10,13,15-16,18H,5-7,11H2,1-4H3/t15-,16+,18+/m1/s1. The van der Waals surface area contributed by atoms with Gasteiger partial charge in [0.25, 0.3) is 0 Å². The second kappa shape index (κ2) is 7.06. The quantitative estimate of drug-likeness (QED) is 0.769. The highest BCUT2D eigenvalue weighted by Crippen LogP contribution is 2.49. The molecular formula is C20H27NO4. The predicted molar refractivity (Wildman–Crippen MR) is 94.2 cm³/mol. The summed E-state index contributed by atoms with van der Waals surface area (Å²) in [4.78, 5) is 27.4. The van der Waals surface area contributed by atoms with Crippen LogP contribution in [0.2, 0.25) is 0 Å². The smallest absolute Gasteiger partial charge is 0.314 e. The summed E-state index contributed by atoms with van der Waals surface area (Å²) in [6.45, 7) is 8.56. The fourth-order valence-electron chi connectivity index (χ4n) is 4.08. The third-order valence-electron chi connectivity index (χ3n) is 5.46. The van der Waals surface area contributed by atoms with Gasteiger partial charge in [-0.15, -0.1) is 0 Å². The zero-order valence-corrected chi connectivity index (χ0v) is 15.5. The molecule has 3 atom stereocenters. The SMILES string of the molecule is CCOC(=O)[C@@H]1CN(C(=O)C(CC)CC)[C@H]2c3cccc(C)c3O[C@@H]12. The van der Waals surface area contributed by atoms with Crippen molar-refractivity contribution in [1.29, 1.82) is 0 Å². The van der Waals surface area contributed by atoms with Gasteiger partial charge in [0.15, 0.2) is 0 Å². The highest BCUT2D eigenvalue weighted by atomic mass is 16.5. The van der Waals surface area contributed by atoms with Crippen LogP contribution in [0, 0.1) is 18.8 Å². The molecule has 5 nitrogen and oxygen atoms in total. The van der Waals surface area contributed by atoms with Crippen LogP contribution in [-0.4, -0.2) is 36.0 Å². The number of likely N-dealkylation sites (tertiary alicyclic amines) is 1. The van der Waals surface area contributed by atoms with E-state index in [0.29, 0.717) is 13.2 Å². The Hall–Kier alpha value is -2.04. The van der Waals surface area contributed by atoms with Crippen LogP contribution in [0.15, 0.2) is 18.2 Å². The Morgan fingerprint density at radius 3 is 2.64 bits per heavy atom. The molecule has 2 aliphatic heterocycles. The van der Waals surface area contributed by atoms with Gasteiger partial charge in [-0.1, -0.05) is 32.0 Å². The maximum atomic E-state index is 13.1. The molecule has 0 aliphatic carbocycles. The van der Waals surface area contributed by atoms with E-state index in [0.717, 1.165) is 29.7 Å². The average molecular weight is 345 g/mol. The van der Waals surface area contributed by atoms with Gasteiger partial charge in [-0.05, 0) is 32.3 Å². The molecule has 3 rings (SSSR count). The molecular weight excluding hydrogens is 318 g/mol. The maximum absolute atomic E-state index is 13.1. The largest absolute Gasteiger partial charge is 0.486 e. The van der Waals surface area contributed by atoms with Crippen molar-refractivity contribution in [2.24, 2.45) is 11.8 Å². The van der Waals surface area contributed by atoms with Gasteiger partial charge in [0.1, 0.15) is 17.8 Å². The minimum absolute atomic E-state index is 0.0181. The minimum Gasteiger partial charge on any atom is -0.486 e. The predicted octanol–water partition coefficient (Wildman–Crippen LogP) is 3.25. The zero-order chi connectivity index (χ0) is 18.1. The number of hydrogen-bond acceptors (Lipinski definition) is 4. The first-order chi connectivity index (χ1) is 12.0. The number of ether oxygens (including phenoxy) is 2. The first-order valence-electron chi connectivity index (χ1n) is 9.26. The Kier molecular flexibility index (Phi) is 5.02. The first-order valence-corrected chi connectivity index (χ1v) is 9.26. The Morgan fingerprint density at radius 1 is 1.28 bits per heavy atom. The number of aryl methyl sites for hydroxylation is 1. The molecule has 2 heterocycles. The number of para-hydroxylation sites is 1. The van der Waals surface area contributed by atoms with Crippen molar-refractivity contribution in [3.05, 3.63) is 29.3 Å². The van der Waals surface area contributed by atoms with Crippen molar-refractivity contribution in [2.75, 3.05) is 13.2 Å². The number of carbonyl (C=O) groups is 2. The molecule has 0 saturated carbocycles. The van der Waals surface area contributed by atoms with E-state index < -0.39 is 5.92 Å². The van der Waals surface area contributed by atoms with Crippen LogP contribution in [0.1, 0.15) is 50.8 Å². The molecule has 0 aromatic heterocycles. The van der Waals surface area contributed by atoms with E-state index >= 15 is 0 Å². The second-order valence-corrected chi connectivity index (χ2v) is 6.88. The fourth-order valence-corrected chi connectivity index (χ4v) is 4.08. The van der Waals surface area contributed by atoms with Crippen LogP contribution >= 0.6 is 0 Å². The summed E-state index contributed by atoms with van der Waals surface area (Å²) in [6, 6.07) is 5.79. The van der Waals surface area contributed by atoms with Crippen LogP contribution in [0.3, 0.4) is 0 Å². The van der Waals surface area contributed by atoms with Crippen molar-refractivity contribution >= 4 is 11.9 Å². The number of hydrogen-bond donors (Lipinski definition) is 0. The molecule has 0 bridgehead atoms. The molecule has 0 unspecified atom stereocenters. The van der Waals surface area contributed by atoms with Crippen molar-refractivity contribution in [3.8, 4) is 5.75 Å². The number of fused-ring (bicyclic) bond motifs is 3. The van der Waals surface area contributed by atoms with Crippen molar-refractivity contribution in [1.82, 2.24) is 4.90 Å². The number of nitrogens with zero attached hydrogens (tertiary/aromatic N) is 1. The van der Waals surface area contributed by atoms with E-state index in [1.54, 1.807) is 6.92 Å². The third-order valence-corrected chi connectivity index (χ3v) is 5.46. The van der Waals surface area contributed by atoms with E-state index in [9.17, 15) is 9.59 Å². The molecule has 1 fully saturated rings. The zero-order valence-electron chi connectivity index (χ0n) is 15.5. The van der Waals surface area contributed by atoms with E-state index in [1.807, 2.05) is 43.9 Å². The van der Waals surface area contributed by atoms with E-state index in [2.05, 4.69) is 0 Å². The summed E-state index contributed by atoms with van der Waals surface area (Å²) in [7, 11) is 0. The summed E-state index contributed by atoms with van der Waals surface area (Å²) in [5.41, 5.74) is 2.04. The Balaban J connectivity index is 1.98. The fraction of sp³-hybridized carbons (Fsp3) is 0.600. The van der Waals surface area contributed by atoms with Crippen LogP contribution in [0.25, 0.3) is 0 Å². The lowest BCUT2D eigenvalue weighted by atomic mass is 9.97. The molecule has 136 valence electrons. The van der Waals surface area contributed by atoms with Gasteiger partial charge in [-0.25, -0.2) is 0 Å². The maximum Gasteiger partial charge on any atom is 0.314 e. The van der Waals surface area contributed by atoms with Crippen LogP contribution in [0.5, 0.6) is 5.75 Å². The van der Waals surface area contributed by atoms with E-state index in [4.69, 9.17) is 9.47 Å². The molecule has 0 radical (unpaired) electrons. The van der Waals surface area contributed by atoms with Gasteiger partial charge in [0.2, 0.25) is 5.91 Å². The molecule has 1 aromatic carbocycles. The van der Waals surface area contributed by atoms with Gasteiger partial charge in [0.05, 0.1) is 12.6 Å². The highest BCUT2D eigenvalue weighted by Gasteiger charge is 2.54. The summed E-state index contributed by atoms with van der Waals surface area (Å²) < 4.78 is 11.4. The number of esters is 1. The highest BCUT2D eigenvalue weighted by molar-refractivity contribution is 5.83. The lowest BCUT2D eigenvalue weighted by Gasteiger charge is -2.27. The number of benzene rings is 1. The van der Waals surface area contributed by atoms with Crippen LogP contribution in [0.4, 0.5) is 0 Å². The normalized spacial score (nSPS) is 24.0. The van der Waals surface area contributed by atoms with Crippen LogP contribution < -0.4 is 4.74 Å². The Bertz CT molecular complexity index is 668. The van der Waals surface area contributed by atoms with E-state index in [-0.39, 0.29) is 29.9 Å². The molecule has 0 N–H and O–H groups in total. The lowest BCUT2D eigenvalue weighted by molar-refractivity contribution is -0.149. The van der Waals surface area contributed by atoms with Gasteiger partial charge < -0.3 is 14.4 Å². The van der Waals surface area contributed by atoms with Gasteiger partial charge in [-0.2, -0.15) is 0 Å². The molecule has 1 saturated heterocycles. The monoisotopic (exact) mass is 345 g/mol. The minimum atomic E-state index is -0.435. The molecule has 0 spiro atoms. The first kappa shape index (κ1) is 17.8.